The standard InChI is InChI=1S/C21H29N3O3/c1-27-17-8-7-15(14-16(17)24-13-12-22-20(24)26)19(25)23-18-6-2-3-9-21(18)10-4-5-11-21/h7-8,14,18H,2-6,9-13H2,1H3,(H,22,26)(H,23,25). The quantitative estimate of drug-likeness (QED) is 0.851. The normalized spacial score (nSPS) is 24.1. The zero-order valence-corrected chi connectivity index (χ0v) is 16.1. The monoisotopic (exact) mass is 371 g/mol. The van der Waals surface area contributed by atoms with E-state index in [2.05, 4.69) is 10.6 Å². The van der Waals surface area contributed by atoms with Crippen LogP contribution in [0.15, 0.2) is 18.2 Å². The summed E-state index contributed by atoms with van der Waals surface area (Å²) in [5, 5.41) is 6.13. The molecule has 3 fully saturated rings. The van der Waals surface area contributed by atoms with Gasteiger partial charge in [0.25, 0.3) is 5.91 Å². The molecule has 1 unspecified atom stereocenters. The smallest absolute Gasteiger partial charge is 0.322 e. The number of nitrogens with zero attached hydrogens (tertiary/aromatic N) is 1. The Labute approximate surface area is 160 Å². The summed E-state index contributed by atoms with van der Waals surface area (Å²) in [5.74, 6) is 0.560. The van der Waals surface area contributed by atoms with Crippen LogP contribution >= 0.6 is 0 Å². The second-order valence-electron chi connectivity index (χ2n) is 8.11. The molecular weight excluding hydrogens is 342 g/mol. The zero-order valence-electron chi connectivity index (χ0n) is 16.1. The van der Waals surface area contributed by atoms with Gasteiger partial charge in [-0.2, -0.15) is 0 Å². The first-order chi connectivity index (χ1) is 13.1. The molecule has 1 atom stereocenters. The largest absolute Gasteiger partial charge is 0.495 e. The van der Waals surface area contributed by atoms with Gasteiger partial charge in [-0.1, -0.05) is 25.7 Å². The van der Waals surface area contributed by atoms with Crippen molar-refractivity contribution in [3.8, 4) is 5.75 Å². The van der Waals surface area contributed by atoms with Crippen molar-refractivity contribution in [2.75, 3.05) is 25.1 Å². The Morgan fingerprint density at radius 2 is 1.96 bits per heavy atom. The topological polar surface area (TPSA) is 70.7 Å². The minimum atomic E-state index is -0.150. The minimum absolute atomic E-state index is 0.0447. The van der Waals surface area contributed by atoms with E-state index in [1.165, 1.54) is 44.9 Å². The summed E-state index contributed by atoms with van der Waals surface area (Å²) in [7, 11) is 1.58. The molecule has 1 aromatic rings. The Hall–Kier alpha value is -2.24. The molecule has 0 aromatic heterocycles. The maximum atomic E-state index is 13.0. The molecule has 2 aliphatic carbocycles. The van der Waals surface area contributed by atoms with Crippen molar-refractivity contribution >= 4 is 17.6 Å². The third-order valence-corrected chi connectivity index (χ3v) is 6.65. The van der Waals surface area contributed by atoms with Crippen LogP contribution in [0.25, 0.3) is 0 Å². The fraction of sp³-hybridized carbons (Fsp3) is 0.619. The van der Waals surface area contributed by atoms with Gasteiger partial charge in [-0.05, 0) is 49.3 Å². The highest BCUT2D eigenvalue weighted by molar-refractivity contribution is 6.00. The van der Waals surface area contributed by atoms with E-state index in [1.807, 2.05) is 0 Å². The highest BCUT2D eigenvalue weighted by Crippen LogP contribution is 2.49. The van der Waals surface area contributed by atoms with Gasteiger partial charge < -0.3 is 15.4 Å². The van der Waals surface area contributed by atoms with Crippen LogP contribution in [-0.2, 0) is 0 Å². The Morgan fingerprint density at radius 3 is 2.63 bits per heavy atom. The molecule has 2 saturated carbocycles. The highest BCUT2D eigenvalue weighted by atomic mass is 16.5. The second kappa shape index (κ2) is 7.41. The number of ether oxygens (including phenoxy) is 1. The number of amides is 3. The highest BCUT2D eigenvalue weighted by Gasteiger charge is 2.43. The van der Waals surface area contributed by atoms with Crippen LogP contribution in [0.1, 0.15) is 61.7 Å². The van der Waals surface area contributed by atoms with E-state index in [4.69, 9.17) is 4.74 Å². The van der Waals surface area contributed by atoms with Crippen LogP contribution in [0, 0.1) is 5.41 Å². The first-order valence-electron chi connectivity index (χ1n) is 10.2. The maximum Gasteiger partial charge on any atom is 0.322 e. The summed E-state index contributed by atoms with van der Waals surface area (Å²) in [6.45, 7) is 1.18. The van der Waals surface area contributed by atoms with Gasteiger partial charge in [-0.3, -0.25) is 9.69 Å². The van der Waals surface area contributed by atoms with E-state index < -0.39 is 0 Å². The third-order valence-electron chi connectivity index (χ3n) is 6.65. The third kappa shape index (κ3) is 3.37. The van der Waals surface area contributed by atoms with Crippen LogP contribution in [0.2, 0.25) is 0 Å². The van der Waals surface area contributed by atoms with Crippen molar-refractivity contribution < 1.29 is 14.3 Å². The van der Waals surface area contributed by atoms with E-state index >= 15 is 0 Å². The summed E-state index contributed by atoms with van der Waals surface area (Å²) in [6.07, 6.45) is 9.81. The number of carbonyl (C=O) groups is 2. The van der Waals surface area contributed by atoms with E-state index in [1.54, 1.807) is 30.2 Å². The Morgan fingerprint density at radius 1 is 1.22 bits per heavy atom. The van der Waals surface area contributed by atoms with Gasteiger partial charge in [0.15, 0.2) is 0 Å². The number of carbonyl (C=O) groups excluding carboxylic acids is 2. The molecule has 4 rings (SSSR count). The molecule has 3 aliphatic rings. The van der Waals surface area contributed by atoms with Crippen LogP contribution < -0.4 is 20.3 Å². The predicted molar refractivity (Wildman–Crippen MR) is 104 cm³/mol. The van der Waals surface area contributed by atoms with Crippen molar-refractivity contribution in [2.24, 2.45) is 5.41 Å². The number of anilines is 1. The fourth-order valence-electron chi connectivity index (χ4n) is 5.19. The molecule has 146 valence electrons. The summed E-state index contributed by atoms with van der Waals surface area (Å²) in [6, 6.07) is 5.46. The molecule has 1 saturated heterocycles. The Kier molecular flexibility index (Phi) is 4.98. The SMILES string of the molecule is COc1ccc(C(=O)NC2CCCCC23CCCC3)cc1N1CCNC1=O. The fourth-order valence-corrected chi connectivity index (χ4v) is 5.19. The summed E-state index contributed by atoms with van der Waals surface area (Å²) in [4.78, 5) is 26.7. The summed E-state index contributed by atoms with van der Waals surface area (Å²) < 4.78 is 5.41. The van der Waals surface area contributed by atoms with Crippen molar-refractivity contribution in [3.63, 3.8) is 0 Å². The first kappa shape index (κ1) is 18.1. The van der Waals surface area contributed by atoms with Crippen LogP contribution in [0.3, 0.4) is 0 Å². The van der Waals surface area contributed by atoms with Crippen molar-refractivity contribution in [1.82, 2.24) is 10.6 Å². The predicted octanol–water partition coefficient (Wildman–Crippen LogP) is 3.46. The zero-order chi connectivity index (χ0) is 18.9. The molecule has 27 heavy (non-hydrogen) atoms. The first-order valence-corrected chi connectivity index (χ1v) is 10.2. The van der Waals surface area contributed by atoms with E-state index in [9.17, 15) is 9.59 Å². The molecule has 0 radical (unpaired) electrons. The van der Waals surface area contributed by atoms with Gasteiger partial charge in [0.05, 0.1) is 12.8 Å². The number of methoxy groups -OCH3 is 1. The van der Waals surface area contributed by atoms with Gasteiger partial charge in [-0.15, -0.1) is 0 Å². The van der Waals surface area contributed by atoms with Gasteiger partial charge >= 0.3 is 6.03 Å². The number of rotatable bonds is 4. The molecule has 1 spiro atoms. The average molecular weight is 371 g/mol. The number of nitrogens with one attached hydrogen (secondary N) is 2. The van der Waals surface area contributed by atoms with Crippen molar-refractivity contribution in [2.45, 2.75) is 57.4 Å². The van der Waals surface area contributed by atoms with E-state index in [0.717, 1.165) is 6.42 Å². The molecular formula is C21H29N3O3. The lowest BCUT2D eigenvalue weighted by atomic mass is 9.69. The van der Waals surface area contributed by atoms with Crippen LogP contribution in [0.4, 0.5) is 10.5 Å². The van der Waals surface area contributed by atoms with Gasteiger partial charge in [-0.25, -0.2) is 4.79 Å². The number of urea groups is 1. The lowest BCUT2D eigenvalue weighted by Crippen LogP contribution is -2.48. The molecule has 0 bridgehead atoms. The number of hydrogen-bond acceptors (Lipinski definition) is 3. The van der Waals surface area contributed by atoms with Crippen LogP contribution in [0.5, 0.6) is 5.75 Å². The second-order valence-corrected chi connectivity index (χ2v) is 8.11. The van der Waals surface area contributed by atoms with Crippen molar-refractivity contribution in [3.05, 3.63) is 23.8 Å². The molecule has 3 amide bonds. The van der Waals surface area contributed by atoms with Gasteiger partial charge in [0.2, 0.25) is 0 Å². The molecule has 1 heterocycles. The van der Waals surface area contributed by atoms with Gasteiger partial charge in [0, 0.05) is 24.7 Å². The Bertz CT molecular complexity index is 727. The molecule has 2 N–H and O–H groups in total. The summed E-state index contributed by atoms with van der Waals surface area (Å²) >= 11 is 0. The summed E-state index contributed by atoms with van der Waals surface area (Å²) in [5.41, 5.74) is 1.54. The maximum absolute atomic E-state index is 13.0. The number of benzene rings is 1. The molecule has 1 aliphatic heterocycles. The van der Waals surface area contributed by atoms with Crippen LogP contribution in [-0.4, -0.2) is 38.2 Å². The van der Waals surface area contributed by atoms with E-state index in [-0.39, 0.29) is 18.0 Å². The minimum Gasteiger partial charge on any atom is -0.495 e. The molecule has 1 aromatic carbocycles. The molecule has 6 heteroatoms. The van der Waals surface area contributed by atoms with Crippen molar-refractivity contribution in [1.29, 1.82) is 0 Å². The molecule has 6 nitrogen and oxygen atoms in total. The lowest BCUT2D eigenvalue weighted by molar-refractivity contribution is 0.0805. The van der Waals surface area contributed by atoms with Gasteiger partial charge in [0.1, 0.15) is 5.75 Å². The lowest BCUT2D eigenvalue weighted by Gasteiger charge is -2.42. The average Bonchev–Trinajstić information content (AvgIpc) is 3.33. The number of hydrogen-bond donors (Lipinski definition) is 2. The Balaban J connectivity index is 1.55. The van der Waals surface area contributed by atoms with E-state index in [0.29, 0.717) is 35.5 Å².